The third kappa shape index (κ3) is 5.92. The van der Waals surface area contributed by atoms with Crippen LogP contribution in [0.3, 0.4) is 0 Å². The van der Waals surface area contributed by atoms with Gasteiger partial charge in [0.15, 0.2) is 11.5 Å². The van der Waals surface area contributed by atoms with Gasteiger partial charge in [0.25, 0.3) is 0 Å². The number of fused-ring (bicyclic) bond motifs is 2. The van der Waals surface area contributed by atoms with Crippen molar-refractivity contribution >= 4 is 16.9 Å². The van der Waals surface area contributed by atoms with Gasteiger partial charge in [-0.25, -0.2) is 14.0 Å². The summed E-state index contributed by atoms with van der Waals surface area (Å²) in [4.78, 5) is 25.4. The number of hydrogen-bond acceptors (Lipinski definition) is 9. The normalized spacial score (nSPS) is 13.8. The van der Waals surface area contributed by atoms with Crippen molar-refractivity contribution in [1.82, 2.24) is 0 Å². The number of ether oxygens (including phenoxy) is 4. The number of para-hydroxylation sites is 1. The highest BCUT2D eigenvalue weighted by Gasteiger charge is 2.32. The van der Waals surface area contributed by atoms with Crippen LogP contribution in [0.15, 0.2) is 112 Å². The van der Waals surface area contributed by atoms with E-state index < -0.39 is 17.5 Å². The van der Waals surface area contributed by atoms with Crippen LogP contribution >= 0.6 is 0 Å². The van der Waals surface area contributed by atoms with Gasteiger partial charge in [0.2, 0.25) is 5.88 Å². The number of esters is 1. The monoisotopic (exact) mass is 604 g/mol. The Kier molecular flexibility index (Phi) is 7.91. The van der Waals surface area contributed by atoms with E-state index in [4.69, 9.17) is 29.1 Å². The van der Waals surface area contributed by atoms with Crippen LogP contribution in [0.2, 0.25) is 0 Å². The molecule has 2 N–H and O–H groups in total. The van der Waals surface area contributed by atoms with E-state index in [2.05, 4.69) is 6.07 Å². The van der Waals surface area contributed by atoms with Crippen molar-refractivity contribution in [1.29, 1.82) is 5.26 Å². The Labute approximate surface area is 256 Å². The number of carbonyl (C=O) groups is 1. The van der Waals surface area contributed by atoms with Gasteiger partial charge in [-0.2, -0.15) is 5.26 Å². The molecule has 0 saturated heterocycles. The van der Waals surface area contributed by atoms with E-state index >= 15 is 0 Å². The predicted octanol–water partition coefficient (Wildman–Crippen LogP) is 6.35. The second-order valence-electron chi connectivity index (χ2n) is 10.1. The fourth-order valence-electron chi connectivity index (χ4n) is 5.04. The Morgan fingerprint density at radius 2 is 1.78 bits per heavy atom. The Balaban J connectivity index is 1.29. The van der Waals surface area contributed by atoms with Gasteiger partial charge in [-0.3, -0.25) is 0 Å². The minimum absolute atomic E-state index is 0.0952. The largest absolute Gasteiger partial charge is 0.490 e. The van der Waals surface area contributed by atoms with E-state index in [0.717, 1.165) is 5.56 Å². The van der Waals surface area contributed by atoms with Crippen molar-refractivity contribution in [2.45, 2.75) is 19.4 Å². The summed E-state index contributed by atoms with van der Waals surface area (Å²) in [6.45, 7) is 2.39. The maximum Gasteiger partial charge on any atom is 0.351 e. The quantitative estimate of drug-likeness (QED) is 0.122. The van der Waals surface area contributed by atoms with Crippen LogP contribution in [0.5, 0.6) is 23.0 Å². The molecule has 1 atom stereocenters. The Bertz CT molecular complexity index is 2060. The summed E-state index contributed by atoms with van der Waals surface area (Å²) in [6, 6.07) is 26.3. The number of nitrogens with two attached hydrogens (primary N) is 1. The lowest BCUT2D eigenvalue weighted by molar-refractivity contribution is 0.0730. The molecule has 1 aromatic heterocycles. The zero-order valence-electron chi connectivity index (χ0n) is 23.9. The molecule has 0 spiro atoms. The van der Waals surface area contributed by atoms with E-state index in [-0.39, 0.29) is 40.9 Å². The van der Waals surface area contributed by atoms with Crippen LogP contribution in [0.4, 0.5) is 4.39 Å². The van der Waals surface area contributed by atoms with Gasteiger partial charge >= 0.3 is 11.6 Å². The van der Waals surface area contributed by atoms with Crippen LogP contribution < -0.4 is 30.3 Å². The van der Waals surface area contributed by atoms with Crippen LogP contribution in [0.25, 0.3) is 11.0 Å². The molecule has 2 heterocycles. The molecule has 0 saturated carbocycles. The lowest BCUT2D eigenvalue weighted by atomic mass is 9.83. The standard InChI is InChI=1S/C35H25FN2O7/c1-2-41-31-16-22(9-14-29(31)42-19-20-7-10-23(36)11-8-20)32-25-13-12-24(17-30(25)44-33(38)27(32)18-37)43-34(39)26-15-21-5-3-4-6-28(21)45-35(26)40/h3-17,32H,2,19,38H2,1H3. The molecule has 0 fully saturated rings. The molecule has 1 aliphatic rings. The summed E-state index contributed by atoms with van der Waals surface area (Å²) in [6.07, 6.45) is 0. The van der Waals surface area contributed by atoms with Crippen molar-refractivity contribution in [2.75, 3.05) is 6.61 Å². The molecular weight excluding hydrogens is 579 g/mol. The molecule has 0 aliphatic carbocycles. The molecule has 0 radical (unpaired) electrons. The summed E-state index contributed by atoms with van der Waals surface area (Å²) in [5, 5.41) is 10.6. The minimum Gasteiger partial charge on any atom is -0.490 e. The number of nitrogens with zero attached hydrogens (tertiary/aromatic N) is 1. The first-order valence-corrected chi connectivity index (χ1v) is 13.9. The van der Waals surface area contributed by atoms with Gasteiger partial charge in [0.05, 0.1) is 12.5 Å². The summed E-state index contributed by atoms with van der Waals surface area (Å²) < 4.78 is 41.7. The second-order valence-corrected chi connectivity index (χ2v) is 10.1. The summed E-state index contributed by atoms with van der Waals surface area (Å²) in [5.41, 5.74) is 7.68. The first kappa shape index (κ1) is 29.0. The number of carbonyl (C=O) groups excluding carboxylic acids is 1. The number of rotatable bonds is 8. The number of benzene rings is 4. The highest BCUT2D eigenvalue weighted by atomic mass is 19.1. The van der Waals surface area contributed by atoms with Crippen molar-refractivity contribution in [3.05, 3.63) is 141 Å². The number of halogens is 1. The summed E-state index contributed by atoms with van der Waals surface area (Å²) in [7, 11) is 0. The lowest BCUT2D eigenvalue weighted by Crippen LogP contribution is -2.22. The Morgan fingerprint density at radius 3 is 2.56 bits per heavy atom. The van der Waals surface area contributed by atoms with E-state index in [1.54, 1.807) is 60.7 Å². The first-order valence-electron chi connectivity index (χ1n) is 13.9. The van der Waals surface area contributed by atoms with Crippen molar-refractivity contribution in [3.63, 3.8) is 0 Å². The zero-order valence-corrected chi connectivity index (χ0v) is 23.9. The van der Waals surface area contributed by atoms with Gasteiger partial charge in [-0.05, 0) is 60.5 Å². The molecule has 0 amide bonds. The van der Waals surface area contributed by atoms with Gasteiger partial charge in [-0.1, -0.05) is 42.5 Å². The molecule has 5 aromatic rings. The highest BCUT2D eigenvalue weighted by Crippen LogP contribution is 2.45. The van der Waals surface area contributed by atoms with Gasteiger partial charge in [-0.15, -0.1) is 0 Å². The van der Waals surface area contributed by atoms with Crippen molar-refractivity contribution in [3.8, 4) is 29.1 Å². The molecule has 4 aromatic carbocycles. The predicted molar refractivity (Wildman–Crippen MR) is 162 cm³/mol. The molecule has 0 bridgehead atoms. The smallest absolute Gasteiger partial charge is 0.351 e. The molecule has 224 valence electrons. The van der Waals surface area contributed by atoms with Gasteiger partial charge < -0.3 is 29.1 Å². The van der Waals surface area contributed by atoms with Crippen molar-refractivity contribution < 1.29 is 32.5 Å². The Hall–Kier alpha value is -6.08. The summed E-state index contributed by atoms with van der Waals surface area (Å²) in [5.74, 6) is -0.711. The lowest BCUT2D eigenvalue weighted by Gasteiger charge is -2.27. The maximum absolute atomic E-state index is 13.3. The molecule has 6 rings (SSSR count). The highest BCUT2D eigenvalue weighted by molar-refractivity contribution is 5.94. The third-order valence-corrected chi connectivity index (χ3v) is 7.17. The fourth-order valence-corrected chi connectivity index (χ4v) is 5.04. The van der Waals surface area contributed by atoms with Crippen LogP contribution in [0, 0.1) is 17.1 Å². The average Bonchev–Trinajstić information content (AvgIpc) is 3.04. The van der Waals surface area contributed by atoms with E-state index in [1.807, 2.05) is 6.92 Å². The molecular formula is C35H25FN2O7. The van der Waals surface area contributed by atoms with Crippen LogP contribution in [0.1, 0.15) is 39.9 Å². The van der Waals surface area contributed by atoms with Crippen LogP contribution in [-0.4, -0.2) is 12.6 Å². The second kappa shape index (κ2) is 12.3. The van der Waals surface area contributed by atoms with E-state index in [9.17, 15) is 19.2 Å². The minimum atomic E-state index is -0.902. The van der Waals surface area contributed by atoms with E-state index in [1.165, 1.54) is 30.3 Å². The number of hydrogen-bond donors (Lipinski definition) is 1. The summed E-state index contributed by atoms with van der Waals surface area (Å²) >= 11 is 0. The average molecular weight is 605 g/mol. The fraction of sp³-hybridized carbons (Fsp3) is 0.114. The van der Waals surface area contributed by atoms with E-state index in [0.29, 0.717) is 40.2 Å². The number of allylic oxidation sites excluding steroid dienone is 1. The maximum atomic E-state index is 13.3. The first-order chi connectivity index (χ1) is 21.8. The molecule has 45 heavy (non-hydrogen) atoms. The molecule has 9 nitrogen and oxygen atoms in total. The molecule has 1 unspecified atom stereocenters. The van der Waals surface area contributed by atoms with Crippen LogP contribution in [-0.2, 0) is 6.61 Å². The van der Waals surface area contributed by atoms with Crippen molar-refractivity contribution in [2.24, 2.45) is 5.73 Å². The topological polar surface area (TPSA) is 134 Å². The molecule has 1 aliphatic heterocycles. The zero-order chi connectivity index (χ0) is 31.5. The Morgan fingerprint density at radius 1 is 0.978 bits per heavy atom. The third-order valence-electron chi connectivity index (χ3n) is 7.17. The number of nitriles is 1. The van der Waals surface area contributed by atoms with Gasteiger partial charge in [0.1, 0.15) is 46.7 Å². The SMILES string of the molecule is CCOc1cc(C2C(C#N)=C(N)Oc3cc(OC(=O)c4cc5ccccc5oc4=O)ccc32)ccc1OCc1ccc(F)cc1. The molecule has 10 heteroatoms. The van der Waals surface area contributed by atoms with Gasteiger partial charge in [0, 0.05) is 17.0 Å².